The van der Waals surface area contributed by atoms with Crippen LogP contribution in [0.15, 0.2) is 85.2 Å². The van der Waals surface area contributed by atoms with Gasteiger partial charge in [0.2, 0.25) is 11.1 Å². The molecule has 5 N–H and O–H groups in total. The minimum atomic E-state index is -0.462. The zero-order valence-corrected chi connectivity index (χ0v) is 28.6. The molecule has 2 aliphatic carbocycles. The molecule has 0 radical (unpaired) electrons. The lowest BCUT2D eigenvalue weighted by Gasteiger charge is -2.07. The van der Waals surface area contributed by atoms with Gasteiger partial charge in [0.25, 0.3) is 0 Å². The molecule has 0 unspecified atom stereocenters. The Balaban J connectivity index is 0.000000154. The van der Waals surface area contributed by atoms with E-state index in [-0.39, 0.29) is 23.0 Å². The van der Waals surface area contributed by atoms with Crippen LogP contribution in [-0.4, -0.2) is 57.2 Å². The fourth-order valence-corrected chi connectivity index (χ4v) is 5.53. The van der Waals surface area contributed by atoms with Crippen molar-refractivity contribution in [2.45, 2.75) is 25.7 Å². The number of methoxy groups -OCH3 is 2. The number of fused-ring (bicyclic) bond motifs is 2. The van der Waals surface area contributed by atoms with E-state index >= 15 is 0 Å². The van der Waals surface area contributed by atoms with E-state index in [1.54, 1.807) is 0 Å². The van der Waals surface area contributed by atoms with Crippen molar-refractivity contribution >= 4 is 68.1 Å². The molecule has 0 spiro atoms. The average Bonchev–Trinajstić information content (AvgIpc) is 4.10. The van der Waals surface area contributed by atoms with Gasteiger partial charge in [-0.15, -0.1) is 0 Å². The second-order valence-corrected chi connectivity index (χ2v) is 12.5. The van der Waals surface area contributed by atoms with Crippen LogP contribution >= 0.6 is 11.6 Å². The van der Waals surface area contributed by atoms with Crippen molar-refractivity contribution in [1.82, 2.24) is 19.9 Å². The summed E-state index contributed by atoms with van der Waals surface area (Å²) in [6, 6.07) is 23.3. The highest BCUT2D eigenvalue weighted by Crippen LogP contribution is 2.34. The van der Waals surface area contributed by atoms with Crippen LogP contribution in [0.1, 0.15) is 46.4 Å². The molecule has 2 aromatic carbocycles. The standard InChI is InChI=1S/C19H17N3O3.C15H13N3O2.C4H5ClO/c1-25-19(24)14-10-20-17(22-18(23)12-7-8-12)16-13(14)9-15(21-16)11-5-3-2-4-6-11;1-20-15(19)11-8-17-14(16)13-10(11)7-12(18-13)9-5-3-2-4-6-9;5-4(6)3-1-2-3/h2-6,9-10,12,21H,7-8H2,1H3,(H,20,22,23);2-8,18H,1H3,(H2,16,17);3H,1-2H2. The first kappa shape index (κ1) is 34.8. The van der Waals surface area contributed by atoms with Crippen LogP contribution < -0.4 is 11.1 Å². The van der Waals surface area contributed by atoms with Gasteiger partial charge in [0.1, 0.15) is 5.82 Å². The van der Waals surface area contributed by atoms with E-state index in [4.69, 9.17) is 26.8 Å². The number of hydrogen-bond donors (Lipinski definition) is 4. The number of halogens is 1. The number of hydrogen-bond acceptors (Lipinski definition) is 9. The van der Waals surface area contributed by atoms with Gasteiger partial charge < -0.3 is 30.5 Å². The minimum Gasteiger partial charge on any atom is -0.465 e. The van der Waals surface area contributed by atoms with Crippen LogP contribution in [-0.2, 0) is 19.1 Å². The smallest absolute Gasteiger partial charge is 0.340 e. The highest BCUT2D eigenvalue weighted by Gasteiger charge is 2.31. The molecule has 260 valence electrons. The summed E-state index contributed by atoms with van der Waals surface area (Å²) in [5.74, 6) is 0.164. The van der Waals surface area contributed by atoms with Gasteiger partial charge >= 0.3 is 11.9 Å². The van der Waals surface area contributed by atoms with Crippen LogP contribution in [0.2, 0.25) is 0 Å². The normalized spacial score (nSPS) is 13.3. The molecule has 6 aromatic rings. The number of ether oxygens (including phenoxy) is 2. The number of aromatic amines is 2. The summed E-state index contributed by atoms with van der Waals surface area (Å²) in [6.07, 6.45) is 6.74. The van der Waals surface area contributed by atoms with Gasteiger partial charge in [-0.05, 0) is 60.5 Å². The number of benzene rings is 2. The molecule has 0 atom stereocenters. The Morgan fingerprint density at radius 1 is 0.725 bits per heavy atom. The van der Waals surface area contributed by atoms with Crippen molar-refractivity contribution in [3.05, 3.63) is 96.3 Å². The summed E-state index contributed by atoms with van der Waals surface area (Å²) < 4.78 is 9.61. The number of carbonyl (C=O) groups is 4. The quantitative estimate of drug-likeness (QED) is 0.0991. The van der Waals surface area contributed by atoms with Crippen LogP contribution in [0.3, 0.4) is 0 Å². The molecule has 51 heavy (non-hydrogen) atoms. The molecule has 12 nitrogen and oxygen atoms in total. The van der Waals surface area contributed by atoms with Crippen molar-refractivity contribution in [2.75, 3.05) is 25.3 Å². The Kier molecular flexibility index (Phi) is 10.4. The monoisotopic (exact) mass is 706 g/mol. The van der Waals surface area contributed by atoms with E-state index in [0.717, 1.165) is 48.2 Å². The van der Waals surface area contributed by atoms with Crippen LogP contribution in [0.4, 0.5) is 11.6 Å². The number of aromatic nitrogens is 4. The molecule has 13 heteroatoms. The Hall–Kier alpha value is -6.01. The van der Waals surface area contributed by atoms with Crippen LogP contribution in [0.5, 0.6) is 0 Å². The summed E-state index contributed by atoms with van der Waals surface area (Å²) >= 11 is 5.04. The summed E-state index contributed by atoms with van der Waals surface area (Å²) in [4.78, 5) is 60.7. The third kappa shape index (κ3) is 8.08. The molecule has 0 aliphatic heterocycles. The predicted octanol–water partition coefficient (Wildman–Crippen LogP) is 7.13. The lowest BCUT2D eigenvalue weighted by Crippen LogP contribution is -2.15. The highest BCUT2D eigenvalue weighted by molar-refractivity contribution is 6.64. The van der Waals surface area contributed by atoms with E-state index in [1.165, 1.54) is 26.6 Å². The highest BCUT2D eigenvalue weighted by atomic mass is 35.5. The molecule has 2 fully saturated rings. The van der Waals surface area contributed by atoms with Gasteiger partial charge in [-0.25, -0.2) is 19.6 Å². The maximum atomic E-state index is 12.1. The lowest BCUT2D eigenvalue weighted by molar-refractivity contribution is -0.117. The number of amides is 1. The van der Waals surface area contributed by atoms with Crippen molar-refractivity contribution in [2.24, 2.45) is 11.8 Å². The number of carbonyl (C=O) groups excluding carboxylic acids is 4. The van der Waals surface area contributed by atoms with Crippen molar-refractivity contribution in [1.29, 1.82) is 0 Å². The Morgan fingerprint density at radius 3 is 1.65 bits per heavy atom. The zero-order valence-electron chi connectivity index (χ0n) is 27.9. The second-order valence-electron chi connectivity index (χ2n) is 12.1. The first-order valence-corrected chi connectivity index (χ1v) is 16.6. The molecule has 0 saturated heterocycles. The predicted molar refractivity (Wildman–Crippen MR) is 195 cm³/mol. The topological polar surface area (TPSA) is 182 Å². The number of nitrogen functional groups attached to an aromatic ring is 1. The number of rotatable bonds is 7. The summed E-state index contributed by atoms with van der Waals surface area (Å²) in [7, 11) is 2.68. The third-order valence-corrected chi connectivity index (χ3v) is 8.74. The summed E-state index contributed by atoms with van der Waals surface area (Å²) in [5, 5.41) is 4.09. The number of anilines is 2. The van der Waals surface area contributed by atoms with E-state index in [2.05, 4.69) is 25.3 Å². The average molecular weight is 707 g/mol. The number of nitrogens with two attached hydrogens (primary N) is 1. The maximum Gasteiger partial charge on any atom is 0.340 e. The fraction of sp³-hybridized carbons (Fsp3) is 0.211. The van der Waals surface area contributed by atoms with Gasteiger partial charge in [0, 0.05) is 46.4 Å². The largest absolute Gasteiger partial charge is 0.465 e. The number of nitrogens with one attached hydrogen (secondary N) is 3. The van der Waals surface area contributed by atoms with E-state index in [9.17, 15) is 19.2 Å². The summed E-state index contributed by atoms with van der Waals surface area (Å²) in [5.41, 5.74) is 11.6. The molecule has 2 aliphatic rings. The molecule has 8 rings (SSSR count). The van der Waals surface area contributed by atoms with E-state index in [1.807, 2.05) is 72.8 Å². The maximum absolute atomic E-state index is 12.1. The number of esters is 2. The van der Waals surface area contributed by atoms with Crippen molar-refractivity contribution in [3.8, 4) is 22.5 Å². The van der Waals surface area contributed by atoms with E-state index in [0.29, 0.717) is 44.6 Å². The van der Waals surface area contributed by atoms with Crippen molar-refractivity contribution < 1.29 is 28.7 Å². The van der Waals surface area contributed by atoms with Gasteiger partial charge in [-0.2, -0.15) is 0 Å². The number of pyridine rings is 2. The molecule has 2 saturated carbocycles. The van der Waals surface area contributed by atoms with Crippen molar-refractivity contribution in [3.63, 3.8) is 0 Å². The SMILES string of the molecule is COC(=O)c1cnc(N)c2[nH]c(-c3ccccc3)cc12.COC(=O)c1cnc(NC(=O)C2CC2)c2[nH]c(-c3ccccc3)cc12.O=C(Cl)C1CC1. The fourth-order valence-electron chi connectivity index (χ4n) is 5.32. The molecule has 4 heterocycles. The Labute approximate surface area is 297 Å². The van der Waals surface area contributed by atoms with Gasteiger partial charge in [-0.1, -0.05) is 60.7 Å². The third-order valence-electron chi connectivity index (χ3n) is 8.43. The van der Waals surface area contributed by atoms with Gasteiger partial charge in [0.05, 0.1) is 36.4 Å². The lowest BCUT2D eigenvalue weighted by atomic mass is 10.1. The summed E-state index contributed by atoms with van der Waals surface area (Å²) in [6.45, 7) is 0. The molecule has 0 bridgehead atoms. The minimum absolute atomic E-state index is 0.0320. The molecular formula is C38H35ClN6O6. The Bertz CT molecular complexity index is 2230. The number of H-pyrrole nitrogens is 2. The van der Waals surface area contributed by atoms with Crippen LogP contribution in [0, 0.1) is 11.8 Å². The van der Waals surface area contributed by atoms with Crippen LogP contribution in [0.25, 0.3) is 44.3 Å². The molecule has 1 amide bonds. The zero-order chi connectivity index (χ0) is 36.1. The molecular weight excluding hydrogens is 672 g/mol. The first-order valence-electron chi connectivity index (χ1n) is 16.2. The molecule has 4 aromatic heterocycles. The van der Waals surface area contributed by atoms with Gasteiger partial charge in [0.15, 0.2) is 5.82 Å². The Morgan fingerprint density at radius 2 is 1.20 bits per heavy atom. The van der Waals surface area contributed by atoms with E-state index < -0.39 is 11.9 Å². The van der Waals surface area contributed by atoms with Gasteiger partial charge in [-0.3, -0.25) is 9.59 Å². The first-order chi connectivity index (χ1) is 24.7. The number of nitrogens with zero attached hydrogens (tertiary/aromatic N) is 2. The second kappa shape index (κ2) is 15.3.